The van der Waals surface area contributed by atoms with Crippen LogP contribution < -0.4 is 16.8 Å². The van der Waals surface area contributed by atoms with E-state index in [-0.39, 0.29) is 11.9 Å². The summed E-state index contributed by atoms with van der Waals surface area (Å²) in [6.45, 7) is 1.36. The topological polar surface area (TPSA) is 103 Å². The summed E-state index contributed by atoms with van der Waals surface area (Å²) < 4.78 is 37.8. The van der Waals surface area contributed by atoms with Crippen molar-refractivity contribution in [2.45, 2.75) is 24.9 Å². The van der Waals surface area contributed by atoms with E-state index in [0.29, 0.717) is 30.8 Å². The molecule has 0 aliphatic carbocycles. The summed E-state index contributed by atoms with van der Waals surface area (Å²) in [5, 5.41) is 3.28. The molecule has 128 valence electrons. The van der Waals surface area contributed by atoms with Crippen molar-refractivity contribution in [1.29, 1.82) is 0 Å². The Morgan fingerprint density at radius 2 is 2.00 bits per heavy atom. The Bertz CT molecular complexity index is 729. The number of aromatic nitrogens is 3. The Labute approximate surface area is 136 Å². The number of hydrogen-bond donors (Lipinski definition) is 3. The van der Waals surface area contributed by atoms with Crippen LogP contribution >= 0.6 is 0 Å². The van der Waals surface area contributed by atoms with Crippen LogP contribution in [0.3, 0.4) is 0 Å². The van der Waals surface area contributed by atoms with Gasteiger partial charge in [-0.05, 0) is 18.1 Å². The highest BCUT2D eigenvalue weighted by atomic mass is 19.4. The molecule has 0 aromatic carbocycles. The van der Waals surface area contributed by atoms with Gasteiger partial charge in [0.15, 0.2) is 0 Å². The maximum atomic E-state index is 12.6. The van der Waals surface area contributed by atoms with Gasteiger partial charge in [-0.15, -0.1) is 0 Å². The Morgan fingerprint density at radius 1 is 1.21 bits per heavy atom. The maximum Gasteiger partial charge on any atom is 0.433 e. The van der Waals surface area contributed by atoms with Crippen molar-refractivity contribution in [2.75, 3.05) is 24.6 Å². The lowest BCUT2D eigenvalue weighted by Crippen LogP contribution is -2.22. The fourth-order valence-corrected chi connectivity index (χ4v) is 2.95. The molecule has 5 N–H and O–H groups in total. The summed E-state index contributed by atoms with van der Waals surface area (Å²) in [6, 6.07) is 2.43. The van der Waals surface area contributed by atoms with Gasteiger partial charge in [0.1, 0.15) is 11.5 Å². The number of nitrogens with zero attached hydrogens (tertiary/aromatic N) is 3. The van der Waals surface area contributed by atoms with Crippen LogP contribution in [0.15, 0.2) is 18.3 Å². The summed E-state index contributed by atoms with van der Waals surface area (Å²) >= 11 is 0. The second-order valence-electron chi connectivity index (χ2n) is 5.73. The van der Waals surface area contributed by atoms with E-state index in [0.717, 1.165) is 23.9 Å². The number of nitrogen functional groups attached to an aromatic ring is 2. The molecule has 1 unspecified atom stereocenters. The van der Waals surface area contributed by atoms with Gasteiger partial charge in [-0.3, -0.25) is 4.98 Å². The second kappa shape index (κ2) is 6.23. The molecule has 24 heavy (non-hydrogen) atoms. The van der Waals surface area contributed by atoms with Gasteiger partial charge in [-0.1, -0.05) is 6.07 Å². The Kier molecular flexibility index (Phi) is 4.27. The first-order valence-corrected chi connectivity index (χ1v) is 7.49. The Balaban J connectivity index is 1.88. The minimum atomic E-state index is -4.44. The molecule has 0 radical (unpaired) electrons. The Morgan fingerprint density at radius 3 is 2.67 bits per heavy atom. The first-order chi connectivity index (χ1) is 11.3. The van der Waals surface area contributed by atoms with Gasteiger partial charge >= 0.3 is 6.18 Å². The molecule has 0 fully saturated rings. The molecule has 0 saturated heterocycles. The fraction of sp³-hybridized carbons (Fsp3) is 0.400. The normalized spacial score (nSPS) is 18.0. The molecule has 9 heteroatoms. The number of rotatable bonds is 2. The lowest BCUT2D eigenvalue weighted by molar-refractivity contribution is -0.141. The van der Waals surface area contributed by atoms with Gasteiger partial charge in [-0.2, -0.15) is 18.2 Å². The van der Waals surface area contributed by atoms with Gasteiger partial charge in [0, 0.05) is 37.2 Å². The number of nitrogens with one attached hydrogen (secondary N) is 1. The van der Waals surface area contributed by atoms with Crippen LogP contribution in [-0.4, -0.2) is 28.0 Å². The van der Waals surface area contributed by atoms with Crippen molar-refractivity contribution >= 4 is 11.8 Å². The molecule has 0 amide bonds. The number of nitrogens with two attached hydrogens (primary N) is 2. The van der Waals surface area contributed by atoms with E-state index in [2.05, 4.69) is 20.3 Å². The summed E-state index contributed by atoms with van der Waals surface area (Å²) in [5.41, 5.74) is 13.1. The molecule has 0 saturated carbocycles. The third kappa shape index (κ3) is 3.40. The third-order valence-corrected chi connectivity index (χ3v) is 4.01. The fourth-order valence-electron chi connectivity index (χ4n) is 2.95. The lowest BCUT2D eigenvalue weighted by atomic mass is 9.91. The SMILES string of the molecule is Nc1nc(N)c2c(n1)CCNCC2Cc1ccc(C(F)(F)F)nc1. The molecule has 2 aromatic heterocycles. The highest BCUT2D eigenvalue weighted by Crippen LogP contribution is 2.31. The number of halogens is 3. The van der Waals surface area contributed by atoms with Crippen molar-refractivity contribution in [3.05, 3.63) is 40.8 Å². The van der Waals surface area contributed by atoms with E-state index in [9.17, 15) is 13.2 Å². The zero-order valence-corrected chi connectivity index (χ0v) is 12.8. The van der Waals surface area contributed by atoms with E-state index >= 15 is 0 Å². The van der Waals surface area contributed by atoms with E-state index in [1.807, 2.05) is 0 Å². The van der Waals surface area contributed by atoms with E-state index in [4.69, 9.17) is 11.5 Å². The minimum Gasteiger partial charge on any atom is -0.383 e. The van der Waals surface area contributed by atoms with Gasteiger partial charge in [-0.25, -0.2) is 4.98 Å². The van der Waals surface area contributed by atoms with Crippen molar-refractivity contribution in [2.24, 2.45) is 0 Å². The zero-order chi connectivity index (χ0) is 17.3. The molecule has 3 rings (SSSR count). The molecule has 0 spiro atoms. The van der Waals surface area contributed by atoms with Crippen LogP contribution in [0.2, 0.25) is 0 Å². The number of alkyl halides is 3. The first-order valence-electron chi connectivity index (χ1n) is 7.49. The van der Waals surface area contributed by atoms with E-state index in [1.165, 1.54) is 12.3 Å². The molecule has 0 bridgehead atoms. The van der Waals surface area contributed by atoms with Gasteiger partial charge < -0.3 is 16.8 Å². The minimum absolute atomic E-state index is 0.0540. The number of pyridine rings is 1. The van der Waals surface area contributed by atoms with Gasteiger partial charge in [0.05, 0.1) is 5.69 Å². The highest BCUT2D eigenvalue weighted by Gasteiger charge is 2.32. The summed E-state index contributed by atoms with van der Waals surface area (Å²) in [7, 11) is 0. The highest BCUT2D eigenvalue weighted by molar-refractivity contribution is 5.49. The predicted octanol–water partition coefficient (Wildman–Crippen LogP) is 1.53. The lowest BCUT2D eigenvalue weighted by Gasteiger charge is -2.19. The van der Waals surface area contributed by atoms with Crippen molar-refractivity contribution in [3.63, 3.8) is 0 Å². The molecule has 6 nitrogen and oxygen atoms in total. The zero-order valence-electron chi connectivity index (χ0n) is 12.8. The standard InChI is InChI=1S/C15H17F3N6/c16-15(17,18)11-2-1-8(6-22-11)5-9-7-21-4-3-10-12(9)13(19)24-14(20)23-10/h1-2,6,9,21H,3-5,7H2,(H4,19,20,23,24). The maximum absolute atomic E-state index is 12.6. The number of fused-ring (bicyclic) bond motifs is 1. The summed E-state index contributed by atoms with van der Waals surface area (Å²) in [5.74, 6) is 0.399. The molecule has 3 heterocycles. The van der Waals surface area contributed by atoms with Gasteiger partial charge in [0.2, 0.25) is 5.95 Å². The van der Waals surface area contributed by atoms with Crippen molar-refractivity contribution in [1.82, 2.24) is 20.3 Å². The smallest absolute Gasteiger partial charge is 0.383 e. The number of hydrogen-bond acceptors (Lipinski definition) is 6. The summed E-state index contributed by atoms with van der Waals surface area (Å²) in [4.78, 5) is 11.8. The first kappa shape index (κ1) is 16.4. The molecular weight excluding hydrogens is 321 g/mol. The second-order valence-corrected chi connectivity index (χ2v) is 5.73. The van der Waals surface area contributed by atoms with Crippen LogP contribution in [0.1, 0.15) is 28.4 Å². The quantitative estimate of drug-likeness (QED) is 0.767. The molecule has 1 aliphatic heterocycles. The van der Waals surface area contributed by atoms with E-state index in [1.54, 1.807) is 0 Å². The Hall–Kier alpha value is -2.42. The molecule has 1 atom stereocenters. The molecule has 2 aromatic rings. The van der Waals surface area contributed by atoms with Crippen LogP contribution in [0.4, 0.5) is 24.9 Å². The van der Waals surface area contributed by atoms with Crippen molar-refractivity contribution in [3.8, 4) is 0 Å². The average Bonchev–Trinajstić information content (AvgIpc) is 2.69. The van der Waals surface area contributed by atoms with E-state index < -0.39 is 11.9 Å². The monoisotopic (exact) mass is 338 g/mol. The molecule has 1 aliphatic rings. The van der Waals surface area contributed by atoms with Crippen LogP contribution in [-0.2, 0) is 19.0 Å². The largest absolute Gasteiger partial charge is 0.433 e. The molecular formula is C15H17F3N6. The van der Waals surface area contributed by atoms with Crippen LogP contribution in [0.5, 0.6) is 0 Å². The number of anilines is 2. The van der Waals surface area contributed by atoms with Crippen LogP contribution in [0.25, 0.3) is 0 Å². The van der Waals surface area contributed by atoms with Crippen molar-refractivity contribution < 1.29 is 13.2 Å². The average molecular weight is 338 g/mol. The third-order valence-electron chi connectivity index (χ3n) is 4.01. The van der Waals surface area contributed by atoms with Gasteiger partial charge in [0.25, 0.3) is 0 Å². The predicted molar refractivity (Wildman–Crippen MR) is 83.1 cm³/mol. The summed E-state index contributed by atoms with van der Waals surface area (Å²) in [6.07, 6.45) is -2.02. The van der Waals surface area contributed by atoms with Crippen LogP contribution in [0, 0.1) is 0 Å².